The summed E-state index contributed by atoms with van der Waals surface area (Å²) in [5.41, 5.74) is 1.60. The smallest absolute Gasteiger partial charge is 0.164 e. The van der Waals surface area contributed by atoms with E-state index in [-0.39, 0.29) is 5.78 Å². The van der Waals surface area contributed by atoms with Gasteiger partial charge in [0.1, 0.15) is 5.00 Å². The molecule has 0 atom stereocenters. The number of hydrogen-bond acceptors (Lipinski definition) is 4. The highest BCUT2D eigenvalue weighted by Crippen LogP contribution is 2.24. The van der Waals surface area contributed by atoms with Crippen LogP contribution in [0.5, 0.6) is 0 Å². The van der Waals surface area contributed by atoms with E-state index in [2.05, 4.69) is 23.5 Å². The average Bonchev–Trinajstić information content (AvgIpc) is 2.54. The minimum absolute atomic E-state index is 0.0950. The van der Waals surface area contributed by atoms with E-state index in [4.69, 9.17) is 0 Å². The van der Waals surface area contributed by atoms with Crippen molar-refractivity contribution in [1.29, 1.82) is 0 Å². The van der Waals surface area contributed by atoms with Crippen LogP contribution in [0.4, 0.5) is 5.00 Å². The zero-order valence-electron chi connectivity index (χ0n) is 10.5. The molecule has 4 heteroatoms. The summed E-state index contributed by atoms with van der Waals surface area (Å²) >= 11 is 1.38. The van der Waals surface area contributed by atoms with Crippen LogP contribution in [-0.2, 0) is 0 Å². The summed E-state index contributed by atoms with van der Waals surface area (Å²) in [6.07, 6.45) is 2.34. The molecule has 0 bridgehead atoms. The fraction of sp³-hybridized carbons (Fsp3) is 0.667. The maximum atomic E-state index is 11.4. The van der Waals surface area contributed by atoms with Crippen molar-refractivity contribution in [3.05, 3.63) is 11.3 Å². The number of carbonyl (C=O) groups excluding carboxylic acids is 1. The number of anilines is 1. The highest BCUT2D eigenvalue weighted by molar-refractivity contribution is 7.10. The molecule has 0 saturated heterocycles. The quantitative estimate of drug-likeness (QED) is 0.611. The van der Waals surface area contributed by atoms with Gasteiger partial charge in [-0.2, -0.15) is 4.37 Å². The van der Waals surface area contributed by atoms with E-state index >= 15 is 0 Å². The first-order valence-corrected chi connectivity index (χ1v) is 6.50. The maximum Gasteiger partial charge on any atom is 0.164 e. The minimum Gasteiger partial charge on any atom is -0.375 e. The number of Topliss-reactive ketones (excluding diaryl/α,β-unsaturated/α-hetero) is 1. The van der Waals surface area contributed by atoms with Crippen molar-refractivity contribution >= 4 is 22.3 Å². The summed E-state index contributed by atoms with van der Waals surface area (Å²) in [7, 11) is 0. The van der Waals surface area contributed by atoms with Crippen molar-refractivity contribution in [3.8, 4) is 0 Å². The Morgan fingerprint density at radius 1 is 1.50 bits per heavy atom. The molecule has 0 aliphatic heterocycles. The third-order valence-corrected chi connectivity index (χ3v) is 3.35. The SMILES string of the molecule is CC(=O)c1c(C)nsc1NCCCC(C)C. The van der Waals surface area contributed by atoms with Crippen molar-refractivity contribution < 1.29 is 4.79 Å². The second-order valence-corrected chi connectivity index (χ2v) is 5.26. The molecule has 16 heavy (non-hydrogen) atoms. The zero-order valence-corrected chi connectivity index (χ0v) is 11.3. The van der Waals surface area contributed by atoms with E-state index in [9.17, 15) is 4.79 Å². The molecule has 1 heterocycles. The summed E-state index contributed by atoms with van der Waals surface area (Å²) in [4.78, 5) is 11.4. The molecule has 1 aromatic heterocycles. The average molecular weight is 240 g/mol. The molecule has 0 fully saturated rings. The monoisotopic (exact) mass is 240 g/mol. The number of hydrogen-bond donors (Lipinski definition) is 1. The highest BCUT2D eigenvalue weighted by atomic mass is 32.1. The van der Waals surface area contributed by atoms with Crippen LogP contribution in [0.2, 0.25) is 0 Å². The van der Waals surface area contributed by atoms with Gasteiger partial charge in [0.2, 0.25) is 0 Å². The largest absolute Gasteiger partial charge is 0.375 e. The topological polar surface area (TPSA) is 42.0 Å². The number of carbonyl (C=O) groups is 1. The Balaban J connectivity index is 2.51. The highest BCUT2D eigenvalue weighted by Gasteiger charge is 2.13. The maximum absolute atomic E-state index is 11.4. The van der Waals surface area contributed by atoms with Gasteiger partial charge >= 0.3 is 0 Å². The number of aryl methyl sites for hydroxylation is 1. The van der Waals surface area contributed by atoms with Gasteiger partial charge in [-0.25, -0.2) is 0 Å². The van der Waals surface area contributed by atoms with Gasteiger partial charge in [-0.15, -0.1) is 0 Å². The van der Waals surface area contributed by atoms with Gasteiger partial charge in [-0.05, 0) is 44.1 Å². The van der Waals surface area contributed by atoms with Crippen LogP contribution in [0.1, 0.15) is 49.7 Å². The Labute approximate surface area is 101 Å². The molecule has 0 radical (unpaired) electrons. The molecule has 0 aliphatic rings. The standard InChI is InChI=1S/C12H20N2OS/c1-8(2)6-5-7-13-12-11(10(4)15)9(3)14-16-12/h8,13H,5-7H2,1-4H3. The van der Waals surface area contributed by atoms with Crippen molar-refractivity contribution in [1.82, 2.24) is 4.37 Å². The van der Waals surface area contributed by atoms with Gasteiger partial charge in [0.25, 0.3) is 0 Å². The van der Waals surface area contributed by atoms with Crippen molar-refractivity contribution in [2.24, 2.45) is 5.92 Å². The van der Waals surface area contributed by atoms with Gasteiger partial charge in [0, 0.05) is 6.54 Å². The number of aromatic nitrogens is 1. The van der Waals surface area contributed by atoms with Gasteiger partial charge in [0.05, 0.1) is 11.3 Å². The molecule has 90 valence electrons. The van der Waals surface area contributed by atoms with E-state index in [1.807, 2.05) is 6.92 Å². The van der Waals surface area contributed by atoms with Gasteiger partial charge in [-0.3, -0.25) is 4.79 Å². The Bertz CT molecular complexity index is 358. The molecular formula is C12H20N2OS. The van der Waals surface area contributed by atoms with Gasteiger partial charge < -0.3 is 5.32 Å². The molecule has 3 nitrogen and oxygen atoms in total. The first-order chi connectivity index (χ1) is 7.52. The third kappa shape index (κ3) is 3.59. The number of nitrogens with one attached hydrogen (secondary N) is 1. The summed E-state index contributed by atoms with van der Waals surface area (Å²) in [6.45, 7) is 8.83. The lowest BCUT2D eigenvalue weighted by atomic mass is 10.1. The second kappa shape index (κ2) is 5.99. The Kier molecular flexibility index (Phi) is 4.93. The normalized spacial score (nSPS) is 10.8. The summed E-state index contributed by atoms with van der Waals surface area (Å²) in [5, 5.41) is 4.23. The molecule has 0 aromatic carbocycles. The first-order valence-electron chi connectivity index (χ1n) is 5.73. The van der Waals surface area contributed by atoms with Crippen LogP contribution in [0.15, 0.2) is 0 Å². The summed E-state index contributed by atoms with van der Waals surface area (Å²) < 4.78 is 4.21. The second-order valence-electron chi connectivity index (χ2n) is 4.49. The van der Waals surface area contributed by atoms with Crippen molar-refractivity contribution in [2.45, 2.75) is 40.5 Å². The van der Waals surface area contributed by atoms with Gasteiger partial charge in [-0.1, -0.05) is 13.8 Å². The van der Waals surface area contributed by atoms with Crippen molar-refractivity contribution in [2.75, 3.05) is 11.9 Å². The van der Waals surface area contributed by atoms with Crippen LogP contribution in [0, 0.1) is 12.8 Å². The molecule has 0 spiro atoms. The fourth-order valence-corrected chi connectivity index (χ4v) is 2.49. The van der Waals surface area contributed by atoms with E-state index in [0.717, 1.165) is 35.1 Å². The number of nitrogens with zero attached hydrogens (tertiary/aromatic N) is 1. The molecule has 1 aromatic rings. The van der Waals surface area contributed by atoms with Crippen LogP contribution in [0.3, 0.4) is 0 Å². The first kappa shape index (κ1) is 13.2. The lowest BCUT2D eigenvalue weighted by molar-refractivity contribution is 0.101. The molecule has 1 N–H and O–H groups in total. The van der Waals surface area contributed by atoms with E-state index in [1.54, 1.807) is 6.92 Å². The third-order valence-electron chi connectivity index (χ3n) is 2.46. The van der Waals surface area contributed by atoms with E-state index < -0.39 is 0 Å². The lowest BCUT2D eigenvalue weighted by Crippen LogP contribution is -2.05. The van der Waals surface area contributed by atoms with Crippen LogP contribution < -0.4 is 5.32 Å². The van der Waals surface area contributed by atoms with Crippen LogP contribution >= 0.6 is 11.5 Å². The zero-order chi connectivity index (χ0) is 12.1. The Morgan fingerprint density at radius 3 is 2.75 bits per heavy atom. The lowest BCUT2D eigenvalue weighted by Gasteiger charge is -2.06. The summed E-state index contributed by atoms with van der Waals surface area (Å²) in [6, 6.07) is 0. The minimum atomic E-state index is 0.0950. The van der Waals surface area contributed by atoms with Crippen molar-refractivity contribution in [3.63, 3.8) is 0 Å². The Morgan fingerprint density at radius 2 is 2.19 bits per heavy atom. The number of rotatable bonds is 6. The van der Waals surface area contributed by atoms with Crippen LogP contribution in [-0.4, -0.2) is 16.7 Å². The predicted octanol–water partition coefficient (Wildman–Crippen LogP) is 3.50. The number of ketones is 1. The van der Waals surface area contributed by atoms with E-state index in [0.29, 0.717) is 0 Å². The molecule has 0 saturated carbocycles. The molecule has 0 amide bonds. The van der Waals surface area contributed by atoms with Crippen LogP contribution in [0.25, 0.3) is 0 Å². The van der Waals surface area contributed by atoms with Gasteiger partial charge in [0.15, 0.2) is 5.78 Å². The fourth-order valence-electron chi connectivity index (χ4n) is 1.62. The van der Waals surface area contributed by atoms with E-state index in [1.165, 1.54) is 18.0 Å². The molecule has 1 rings (SSSR count). The summed E-state index contributed by atoms with van der Waals surface area (Å²) in [5.74, 6) is 0.829. The predicted molar refractivity (Wildman–Crippen MR) is 69.4 cm³/mol. The Hall–Kier alpha value is -0.900. The molecule has 0 unspecified atom stereocenters. The molecular weight excluding hydrogens is 220 g/mol. The molecule has 0 aliphatic carbocycles.